The summed E-state index contributed by atoms with van der Waals surface area (Å²) in [5.41, 5.74) is 1.75. The van der Waals surface area contributed by atoms with Crippen LogP contribution in [0.2, 0.25) is 0 Å². The standard InChI is InChI=1S/C15H15N3O3/c1-10(19)18-13-5-2-11(3-6-13)8-17-15(21)12-4-7-14(20)16-9-12/h2-7,9H,8H2,1H3,(H,16,20)(H,17,21)(H,18,19). The zero-order valence-electron chi connectivity index (χ0n) is 11.5. The molecule has 1 heterocycles. The molecule has 0 unspecified atom stereocenters. The molecule has 108 valence electrons. The second-order valence-electron chi connectivity index (χ2n) is 4.50. The molecular formula is C15H15N3O3. The van der Waals surface area contributed by atoms with Crippen molar-refractivity contribution in [2.75, 3.05) is 5.32 Å². The van der Waals surface area contributed by atoms with Crippen LogP contribution in [0.4, 0.5) is 5.69 Å². The first-order chi connectivity index (χ1) is 10.0. The van der Waals surface area contributed by atoms with Crippen LogP contribution in [-0.4, -0.2) is 16.8 Å². The molecule has 0 aliphatic rings. The number of anilines is 1. The molecule has 2 amide bonds. The predicted octanol–water partition coefficient (Wildman–Crippen LogP) is 1.26. The van der Waals surface area contributed by atoms with Crippen LogP contribution in [0, 0.1) is 0 Å². The summed E-state index contributed by atoms with van der Waals surface area (Å²) in [6.45, 7) is 1.80. The van der Waals surface area contributed by atoms with E-state index in [9.17, 15) is 14.4 Å². The Balaban J connectivity index is 1.93. The Labute approximate surface area is 121 Å². The van der Waals surface area contributed by atoms with Crippen LogP contribution in [0.1, 0.15) is 22.8 Å². The lowest BCUT2D eigenvalue weighted by atomic mass is 10.2. The SMILES string of the molecule is CC(=O)Nc1ccc(CNC(=O)c2ccc(=O)[nH]c2)cc1. The molecule has 0 spiro atoms. The van der Waals surface area contributed by atoms with E-state index in [1.165, 1.54) is 25.3 Å². The van der Waals surface area contributed by atoms with Crippen molar-refractivity contribution in [3.05, 3.63) is 64.1 Å². The highest BCUT2D eigenvalue weighted by atomic mass is 16.2. The van der Waals surface area contributed by atoms with Gasteiger partial charge in [-0.05, 0) is 23.8 Å². The molecule has 21 heavy (non-hydrogen) atoms. The van der Waals surface area contributed by atoms with E-state index >= 15 is 0 Å². The molecule has 1 aromatic carbocycles. The summed E-state index contributed by atoms with van der Waals surface area (Å²) in [7, 11) is 0. The second kappa shape index (κ2) is 6.51. The summed E-state index contributed by atoms with van der Waals surface area (Å²) in [4.78, 5) is 36.1. The zero-order chi connectivity index (χ0) is 15.2. The van der Waals surface area contributed by atoms with Gasteiger partial charge in [0.25, 0.3) is 5.91 Å². The van der Waals surface area contributed by atoms with Gasteiger partial charge in [-0.15, -0.1) is 0 Å². The van der Waals surface area contributed by atoms with E-state index in [1.807, 2.05) is 12.1 Å². The average molecular weight is 285 g/mol. The summed E-state index contributed by atoms with van der Waals surface area (Å²) in [5.74, 6) is -0.397. The topological polar surface area (TPSA) is 91.1 Å². The van der Waals surface area contributed by atoms with Crippen LogP contribution in [0.5, 0.6) is 0 Å². The molecule has 1 aromatic heterocycles. The van der Waals surface area contributed by atoms with Gasteiger partial charge in [-0.1, -0.05) is 12.1 Å². The van der Waals surface area contributed by atoms with E-state index in [0.717, 1.165) is 5.56 Å². The molecule has 6 nitrogen and oxygen atoms in total. The molecule has 3 N–H and O–H groups in total. The number of hydrogen-bond acceptors (Lipinski definition) is 3. The van der Waals surface area contributed by atoms with Gasteiger partial charge in [0.1, 0.15) is 0 Å². The fourth-order valence-corrected chi connectivity index (χ4v) is 1.75. The summed E-state index contributed by atoms with van der Waals surface area (Å²) in [6.07, 6.45) is 1.37. The minimum absolute atomic E-state index is 0.130. The third-order valence-corrected chi connectivity index (χ3v) is 2.77. The molecule has 2 aromatic rings. The van der Waals surface area contributed by atoms with Crippen molar-refractivity contribution in [3.63, 3.8) is 0 Å². The van der Waals surface area contributed by atoms with E-state index in [-0.39, 0.29) is 17.4 Å². The maximum atomic E-state index is 11.9. The fourth-order valence-electron chi connectivity index (χ4n) is 1.75. The van der Waals surface area contributed by atoms with Crippen LogP contribution < -0.4 is 16.2 Å². The number of aromatic amines is 1. The average Bonchev–Trinajstić information content (AvgIpc) is 2.46. The Bertz CT molecular complexity index is 684. The van der Waals surface area contributed by atoms with Crippen LogP contribution in [0.15, 0.2) is 47.4 Å². The van der Waals surface area contributed by atoms with Crippen LogP contribution in [0.25, 0.3) is 0 Å². The highest BCUT2D eigenvalue weighted by Crippen LogP contribution is 2.09. The highest BCUT2D eigenvalue weighted by Gasteiger charge is 2.05. The Hall–Kier alpha value is -2.89. The summed E-state index contributed by atoms with van der Waals surface area (Å²) < 4.78 is 0. The Morgan fingerprint density at radius 1 is 1.10 bits per heavy atom. The molecule has 0 saturated carbocycles. The number of carbonyl (C=O) groups excluding carboxylic acids is 2. The van der Waals surface area contributed by atoms with Crippen LogP contribution >= 0.6 is 0 Å². The third-order valence-electron chi connectivity index (χ3n) is 2.77. The van der Waals surface area contributed by atoms with E-state index in [4.69, 9.17) is 0 Å². The molecule has 0 radical (unpaired) electrons. The normalized spacial score (nSPS) is 9.95. The molecule has 0 fully saturated rings. The monoisotopic (exact) mass is 285 g/mol. The number of H-pyrrole nitrogens is 1. The summed E-state index contributed by atoms with van der Waals surface area (Å²) in [5, 5.41) is 5.41. The quantitative estimate of drug-likeness (QED) is 0.790. The number of benzene rings is 1. The number of rotatable bonds is 4. The Morgan fingerprint density at radius 2 is 1.81 bits per heavy atom. The van der Waals surface area contributed by atoms with Gasteiger partial charge in [0.15, 0.2) is 0 Å². The second-order valence-corrected chi connectivity index (χ2v) is 4.50. The minimum atomic E-state index is -0.266. The lowest BCUT2D eigenvalue weighted by Crippen LogP contribution is -2.23. The van der Waals surface area contributed by atoms with Crippen molar-refractivity contribution in [1.29, 1.82) is 0 Å². The minimum Gasteiger partial charge on any atom is -0.348 e. The van der Waals surface area contributed by atoms with Crippen molar-refractivity contribution in [2.45, 2.75) is 13.5 Å². The number of amides is 2. The van der Waals surface area contributed by atoms with E-state index in [2.05, 4.69) is 15.6 Å². The van der Waals surface area contributed by atoms with Crippen LogP contribution in [-0.2, 0) is 11.3 Å². The first-order valence-electron chi connectivity index (χ1n) is 6.38. The van der Waals surface area contributed by atoms with Crippen molar-refractivity contribution in [1.82, 2.24) is 10.3 Å². The van der Waals surface area contributed by atoms with E-state index in [0.29, 0.717) is 17.8 Å². The van der Waals surface area contributed by atoms with Gasteiger partial charge in [0.05, 0.1) is 5.56 Å². The lowest BCUT2D eigenvalue weighted by Gasteiger charge is -2.07. The first kappa shape index (κ1) is 14.5. The number of hydrogen-bond donors (Lipinski definition) is 3. The third kappa shape index (κ3) is 4.31. The molecule has 0 atom stereocenters. The van der Waals surface area contributed by atoms with Crippen molar-refractivity contribution in [3.8, 4) is 0 Å². The van der Waals surface area contributed by atoms with Crippen molar-refractivity contribution < 1.29 is 9.59 Å². The van der Waals surface area contributed by atoms with E-state index in [1.54, 1.807) is 12.1 Å². The van der Waals surface area contributed by atoms with Gasteiger partial charge < -0.3 is 15.6 Å². The summed E-state index contributed by atoms with van der Waals surface area (Å²) >= 11 is 0. The molecule has 0 bridgehead atoms. The van der Waals surface area contributed by atoms with Gasteiger partial charge >= 0.3 is 0 Å². The zero-order valence-corrected chi connectivity index (χ0v) is 11.5. The number of pyridine rings is 1. The summed E-state index contributed by atoms with van der Waals surface area (Å²) in [6, 6.07) is 9.94. The highest BCUT2D eigenvalue weighted by molar-refractivity contribution is 5.93. The lowest BCUT2D eigenvalue weighted by molar-refractivity contribution is -0.114. The Morgan fingerprint density at radius 3 is 2.38 bits per heavy atom. The molecule has 0 aliphatic carbocycles. The molecule has 0 aliphatic heterocycles. The van der Waals surface area contributed by atoms with Crippen LogP contribution in [0.3, 0.4) is 0 Å². The molecule has 0 saturated heterocycles. The fraction of sp³-hybridized carbons (Fsp3) is 0.133. The maximum absolute atomic E-state index is 11.9. The predicted molar refractivity (Wildman–Crippen MR) is 79.0 cm³/mol. The van der Waals surface area contributed by atoms with Crippen molar-refractivity contribution in [2.24, 2.45) is 0 Å². The smallest absolute Gasteiger partial charge is 0.253 e. The molecule has 6 heteroatoms. The van der Waals surface area contributed by atoms with E-state index < -0.39 is 0 Å². The maximum Gasteiger partial charge on any atom is 0.253 e. The largest absolute Gasteiger partial charge is 0.348 e. The van der Waals surface area contributed by atoms with Gasteiger partial charge in [-0.25, -0.2) is 0 Å². The first-order valence-corrected chi connectivity index (χ1v) is 6.38. The number of aromatic nitrogens is 1. The molecular weight excluding hydrogens is 270 g/mol. The van der Waals surface area contributed by atoms with Gasteiger partial charge in [-0.2, -0.15) is 0 Å². The molecule has 2 rings (SSSR count). The van der Waals surface area contributed by atoms with Gasteiger partial charge in [0, 0.05) is 31.4 Å². The number of nitrogens with one attached hydrogen (secondary N) is 3. The van der Waals surface area contributed by atoms with Gasteiger partial charge in [0.2, 0.25) is 11.5 Å². The van der Waals surface area contributed by atoms with Gasteiger partial charge in [-0.3, -0.25) is 14.4 Å². The van der Waals surface area contributed by atoms with Crippen molar-refractivity contribution >= 4 is 17.5 Å². The Kier molecular flexibility index (Phi) is 4.50. The number of carbonyl (C=O) groups is 2.